The Balaban J connectivity index is 1.69. The van der Waals surface area contributed by atoms with Crippen LogP contribution in [-0.4, -0.2) is 48.0 Å². The number of nitrogens with one attached hydrogen (secondary N) is 1. The lowest BCUT2D eigenvalue weighted by Gasteiger charge is -2.26. The van der Waals surface area contributed by atoms with Crippen LogP contribution in [0.5, 0.6) is 0 Å². The Kier molecular flexibility index (Phi) is 8.16. The maximum absolute atomic E-state index is 13.0. The van der Waals surface area contributed by atoms with Crippen molar-refractivity contribution >= 4 is 62.3 Å². The van der Waals surface area contributed by atoms with Gasteiger partial charge in [-0.05, 0) is 38.3 Å². The molecule has 7 nitrogen and oxygen atoms in total. The highest BCUT2D eigenvalue weighted by Gasteiger charge is 2.29. The number of amides is 1. The fraction of sp³-hybridized carbons (Fsp3) is 0.474. The number of aryl methyl sites for hydroxylation is 2. The zero-order chi connectivity index (χ0) is 22.8. The largest absolute Gasteiger partial charge is 0.352 e. The van der Waals surface area contributed by atoms with Crippen LogP contribution in [0.2, 0.25) is 20.2 Å². The molecule has 3 rings (SSSR count). The van der Waals surface area contributed by atoms with Crippen LogP contribution in [0.15, 0.2) is 17.0 Å². The zero-order valence-electron chi connectivity index (χ0n) is 16.8. The number of hydrogen-bond acceptors (Lipinski definition) is 4. The van der Waals surface area contributed by atoms with Crippen LogP contribution in [0.3, 0.4) is 0 Å². The molecular formula is C19H22Cl4N4O3S. The van der Waals surface area contributed by atoms with Gasteiger partial charge in [-0.2, -0.15) is 9.40 Å². The zero-order valence-corrected chi connectivity index (χ0v) is 20.6. The second-order valence-electron chi connectivity index (χ2n) is 7.25. The smallest absolute Gasteiger partial charge is 0.252 e. The molecule has 1 amide bonds. The summed E-state index contributed by atoms with van der Waals surface area (Å²) >= 11 is 24.5. The van der Waals surface area contributed by atoms with Gasteiger partial charge in [0.1, 0.15) is 15.1 Å². The highest BCUT2D eigenvalue weighted by Crippen LogP contribution is 2.32. The van der Waals surface area contributed by atoms with Crippen molar-refractivity contribution in [1.82, 2.24) is 19.4 Å². The predicted molar refractivity (Wildman–Crippen MR) is 123 cm³/mol. The number of benzene rings is 1. The molecule has 31 heavy (non-hydrogen) atoms. The Labute approximate surface area is 201 Å². The molecule has 0 atom stereocenters. The number of halogens is 4. The van der Waals surface area contributed by atoms with Crippen LogP contribution in [0, 0.1) is 6.92 Å². The summed E-state index contributed by atoms with van der Waals surface area (Å²) < 4.78 is 29.0. The Morgan fingerprint density at radius 1 is 1.10 bits per heavy atom. The van der Waals surface area contributed by atoms with Gasteiger partial charge in [0.2, 0.25) is 10.0 Å². The standard InChI is InChI=1S/C19H22Cl4N4O3S/c1-12-17(22)18(23)27(25-12)9-5-6-24-19(28)13-10-16(15(21)11-14(13)20)31(29,30)26-7-3-2-4-8-26/h10-11H,2-9H2,1H3,(H,24,28). The van der Waals surface area contributed by atoms with Gasteiger partial charge in [0, 0.05) is 26.2 Å². The third kappa shape index (κ3) is 5.49. The number of carbonyl (C=O) groups is 1. The van der Waals surface area contributed by atoms with Gasteiger partial charge in [-0.3, -0.25) is 9.48 Å². The first-order valence-corrected chi connectivity index (χ1v) is 12.7. The van der Waals surface area contributed by atoms with Gasteiger partial charge in [-0.15, -0.1) is 0 Å². The molecule has 1 fully saturated rings. The van der Waals surface area contributed by atoms with Crippen molar-refractivity contribution in [3.8, 4) is 0 Å². The topological polar surface area (TPSA) is 84.3 Å². The molecule has 1 saturated heterocycles. The Morgan fingerprint density at radius 2 is 1.77 bits per heavy atom. The summed E-state index contributed by atoms with van der Waals surface area (Å²) in [7, 11) is -3.81. The molecule has 1 aromatic heterocycles. The van der Waals surface area contributed by atoms with E-state index in [1.54, 1.807) is 11.6 Å². The molecule has 0 saturated carbocycles. The molecule has 0 unspecified atom stereocenters. The van der Waals surface area contributed by atoms with Crippen LogP contribution < -0.4 is 5.32 Å². The number of carbonyl (C=O) groups excluding carboxylic acids is 1. The van der Waals surface area contributed by atoms with Crippen LogP contribution in [0.25, 0.3) is 0 Å². The third-order valence-electron chi connectivity index (χ3n) is 5.03. The summed E-state index contributed by atoms with van der Waals surface area (Å²) in [4.78, 5) is 12.5. The van der Waals surface area contributed by atoms with Crippen molar-refractivity contribution in [3.63, 3.8) is 0 Å². The molecule has 0 bridgehead atoms. The normalized spacial score (nSPS) is 15.3. The van der Waals surface area contributed by atoms with Gasteiger partial charge in [0.05, 0.1) is 21.3 Å². The highest BCUT2D eigenvalue weighted by molar-refractivity contribution is 7.89. The SMILES string of the molecule is Cc1nn(CCCNC(=O)c2cc(S(=O)(=O)N3CCCCC3)c(Cl)cc2Cl)c(Cl)c1Cl. The first-order chi connectivity index (χ1) is 14.6. The Bertz CT molecular complexity index is 1080. The number of nitrogens with zero attached hydrogens (tertiary/aromatic N) is 3. The van der Waals surface area contributed by atoms with E-state index in [4.69, 9.17) is 46.4 Å². The predicted octanol–water partition coefficient (Wildman–Crippen LogP) is 4.80. The van der Waals surface area contributed by atoms with Crippen LogP contribution in [0.1, 0.15) is 41.7 Å². The summed E-state index contributed by atoms with van der Waals surface area (Å²) in [6.45, 7) is 3.38. The number of hydrogen-bond donors (Lipinski definition) is 1. The van der Waals surface area contributed by atoms with Crippen LogP contribution >= 0.6 is 46.4 Å². The lowest BCUT2D eigenvalue weighted by molar-refractivity contribution is 0.0952. The lowest BCUT2D eigenvalue weighted by Crippen LogP contribution is -2.36. The van der Waals surface area contributed by atoms with Gasteiger partial charge in [-0.25, -0.2) is 8.42 Å². The number of aromatic nitrogens is 2. The lowest BCUT2D eigenvalue weighted by atomic mass is 10.2. The van der Waals surface area contributed by atoms with E-state index in [0.717, 1.165) is 19.3 Å². The minimum Gasteiger partial charge on any atom is -0.352 e. The maximum atomic E-state index is 13.0. The van der Waals surface area contributed by atoms with Crippen molar-refractivity contribution in [3.05, 3.63) is 43.6 Å². The highest BCUT2D eigenvalue weighted by atomic mass is 35.5. The van der Waals surface area contributed by atoms with E-state index in [1.165, 1.54) is 16.4 Å². The van der Waals surface area contributed by atoms with Crippen molar-refractivity contribution in [1.29, 1.82) is 0 Å². The van der Waals surface area contributed by atoms with Gasteiger partial charge >= 0.3 is 0 Å². The van der Waals surface area contributed by atoms with Crippen molar-refractivity contribution in [2.24, 2.45) is 0 Å². The average Bonchev–Trinajstić information content (AvgIpc) is 2.98. The molecule has 2 aromatic rings. The van der Waals surface area contributed by atoms with Crippen molar-refractivity contribution < 1.29 is 13.2 Å². The summed E-state index contributed by atoms with van der Waals surface area (Å²) in [5, 5.41) is 7.79. The van der Waals surface area contributed by atoms with E-state index in [9.17, 15) is 13.2 Å². The van der Waals surface area contributed by atoms with E-state index >= 15 is 0 Å². The summed E-state index contributed by atoms with van der Waals surface area (Å²) in [5.74, 6) is -0.488. The molecule has 1 N–H and O–H groups in total. The molecule has 1 aliphatic heterocycles. The summed E-state index contributed by atoms with van der Waals surface area (Å²) in [6.07, 6.45) is 3.11. The Morgan fingerprint density at radius 3 is 2.39 bits per heavy atom. The number of rotatable bonds is 7. The molecule has 0 radical (unpaired) electrons. The molecule has 0 aliphatic carbocycles. The first-order valence-electron chi connectivity index (χ1n) is 9.78. The molecule has 0 spiro atoms. The number of sulfonamides is 1. The van der Waals surface area contributed by atoms with Gasteiger partial charge < -0.3 is 5.32 Å². The first kappa shape index (κ1) is 24.6. The number of piperidine rings is 1. The summed E-state index contributed by atoms with van der Waals surface area (Å²) in [5.41, 5.74) is 0.684. The second-order valence-corrected chi connectivity index (χ2v) is 10.7. The molecular weight excluding hydrogens is 506 g/mol. The van der Waals surface area contributed by atoms with Gasteiger partial charge in [0.15, 0.2) is 0 Å². The minimum atomic E-state index is -3.81. The average molecular weight is 528 g/mol. The van der Waals surface area contributed by atoms with Crippen molar-refractivity contribution in [2.45, 2.75) is 44.0 Å². The van der Waals surface area contributed by atoms with Crippen molar-refractivity contribution in [2.75, 3.05) is 19.6 Å². The van der Waals surface area contributed by atoms with E-state index in [2.05, 4.69) is 10.4 Å². The fourth-order valence-corrected chi connectivity index (χ4v) is 6.10. The summed E-state index contributed by atoms with van der Waals surface area (Å²) in [6, 6.07) is 2.54. The fourth-order valence-electron chi connectivity index (χ4n) is 3.35. The second kappa shape index (κ2) is 10.3. The maximum Gasteiger partial charge on any atom is 0.252 e. The molecule has 12 heteroatoms. The molecule has 1 aliphatic rings. The Hall–Kier alpha value is -1.03. The molecule has 170 valence electrons. The van der Waals surface area contributed by atoms with Gasteiger partial charge in [-0.1, -0.05) is 52.8 Å². The van der Waals surface area contributed by atoms with Crippen LogP contribution in [-0.2, 0) is 16.6 Å². The van der Waals surface area contributed by atoms with E-state index in [0.29, 0.717) is 48.5 Å². The van der Waals surface area contributed by atoms with E-state index in [-0.39, 0.29) is 20.5 Å². The van der Waals surface area contributed by atoms with E-state index < -0.39 is 15.9 Å². The molecule has 2 heterocycles. The monoisotopic (exact) mass is 526 g/mol. The molecule has 1 aromatic carbocycles. The van der Waals surface area contributed by atoms with E-state index in [1.807, 2.05) is 0 Å². The van der Waals surface area contributed by atoms with Gasteiger partial charge in [0.25, 0.3) is 5.91 Å². The quantitative estimate of drug-likeness (QED) is 0.524. The minimum absolute atomic E-state index is 0.00676. The third-order valence-corrected chi connectivity index (χ3v) is 8.64. The van der Waals surface area contributed by atoms with Crippen LogP contribution in [0.4, 0.5) is 0 Å².